The number of amides is 2. The normalized spacial score (nSPS) is 10.5. The first-order chi connectivity index (χ1) is 11.0. The highest BCUT2D eigenvalue weighted by Crippen LogP contribution is 2.20. The van der Waals surface area contributed by atoms with Crippen molar-refractivity contribution in [2.75, 3.05) is 10.6 Å². The van der Waals surface area contributed by atoms with E-state index in [0.717, 1.165) is 11.3 Å². The first-order valence-corrected chi connectivity index (χ1v) is 7.17. The predicted molar refractivity (Wildman–Crippen MR) is 89.5 cm³/mol. The number of carbonyl (C=O) groups is 2. The zero-order valence-corrected chi connectivity index (χ0v) is 12.8. The Morgan fingerprint density at radius 3 is 2.48 bits per heavy atom. The van der Waals surface area contributed by atoms with Crippen molar-refractivity contribution in [2.24, 2.45) is 0 Å². The number of aryl methyl sites for hydroxylation is 1. The Morgan fingerprint density at radius 1 is 1.04 bits per heavy atom. The number of H-pyrrole nitrogens is 1. The molecule has 6 nitrogen and oxygen atoms in total. The monoisotopic (exact) mass is 308 g/mol. The number of aromatic amines is 1. The van der Waals surface area contributed by atoms with Crippen molar-refractivity contribution in [1.82, 2.24) is 9.97 Å². The Labute approximate surface area is 132 Å². The fourth-order valence-corrected chi connectivity index (χ4v) is 2.42. The number of fused-ring (bicyclic) bond motifs is 1. The molecule has 23 heavy (non-hydrogen) atoms. The molecule has 3 rings (SSSR count). The third kappa shape index (κ3) is 3.21. The summed E-state index contributed by atoms with van der Waals surface area (Å²) in [7, 11) is 0. The number of nitrogens with zero attached hydrogens (tertiary/aromatic N) is 1. The number of benzene rings is 2. The van der Waals surface area contributed by atoms with Crippen LogP contribution in [0, 0.1) is 6.92 Å². The van der Waals surface area contributed by atoms with E-state index in [2.05, 4.69) is 20.6 Å². The smallest absolute Gasteiger partial charge is 0.257 e. The van der Waals surface area contributed by atoms with Crippen LogP contribution >= 0.6 is 0 Å². The first kappa shape index (κ1) is 14.8. The largest absolute Gasteiger partial charge is 0.342 e. The van der Waals surface area contributed by atoms with Crippen LogP contribution in [0.25, 0.3) is 11.0 Å². The van der Waals surface area contributed by atoms with Crippen LogP contribution in [-0.4, -0.2) is 21.8 Å². The van der Waals surface area contributed by atoms with Crippen molar-refractivity contribution in [1.29, 1.82) is 0 Å². The summed E-state index contributed by atoms with van der Waals surface area (Å²) >= 11 is 0. The van der Waals surface area contributed by atoms with Gasteiger partial charge in [0.05, 0.1) is 11.1 Å². The number of anilines is 2. The lowest BCUT2D eigenvalue weighted by Crippen LogP contribution is -2.13. The fourth-order valence-electron chi connectivity index (χ4n) is 2.42. The summed E-state index contributed by atoms with van der Waals surface area (Å²) < 4.78 is 0. The molecule has 1 heterocycles. The summed E-state index contributed by atoms with van der Waals surface area (Å²) in [4.78, 5) is 31.1. The van der Waals surface area contributed by atoms with Crippen LogP contribution in [0.3, 0.4) is 0 Å². The van der Waals surface area contributed by atoms with Crippen molar-refractivity contribution in [3.8, 4) is 0 Å². The second-order valence-electron chi connectivity index (χ2n) is 5.24. The van der Waals surface area contributed by atoms with E-state index in [0.29, 0.717) is 22.5 Å². The Morgan fingerprint density at radius 2 is 1.74 bits per heavy atom. The van der Waals surface area contributed by atoms with Crippen LogP contribution in [0.15, 0.2) is 42.5 Å². The number of nitrogens with one attached hydrogen (secondary N) is 3. The zero-order chi connectivity index (χ0) is 16.4. The maximum absolute atomic E-state index is 12.5. The highest BCUT2D eigenvalue weighted by molar-refractivity contribution is 6.11. The number of aromatic nitrogens is 2. The van der Waals surface area contributed by atoms with Gasteiger partial charge in [-0.25, -0.2) is 4.98 Å². The molecule has 116 valence electrons. The minimum Gasteiger partial charge on any atom is -0.342 e. The van der Waals surface area contributed by atoms with Crippen molar-refractivity contribution < 1.29 is 9.59 Å². The molecule has 0 fully saturated rings. The molecule has 0 aliphatic carbocycles. The van der Waals surface area contributed by atoms with Crippen molar-refractivity contribution in [3.63, 3.8) is 0 Å². The molecule has 0 aliphatic heterocycles. The summed E-state index contributed by atoms with van der Waals surface area (Å²) in [5.41, 5.74) is 3.19. The summed E-state index contributed by atoms with van der Waals surface area (Å²) in [6.07, 6.45) is 0. The molecule has 0 aliphatic rings. The summed E-state index contributed by atoms with van der Waals surface area (Å²) in [5.74, 6) is 0.347. The third-order valence-corrected chi connectivity index (χ3v) is 3.32. The molecule has 0 saturated heterocycles. The highest BCUT2D eigenvalue weighted by atomic mass is 16.2. The van der Waals surface area contributed by atoms with E-state index in [1.54, 1.807) is 30.3 Å². The molecule has 0 saturated carbocycles. The van der Waals surface area contributed by atoms with Gasteiger partial charge in [-0.15, -0.1) is 0 Å². The minimum absolute atomic E-state index is 0.162. The van der Waals surface area contributed by atoms with Gasteiger partial charge in [-0.2, -0.15) is 0 Å². The maximum Gasteiger partial charge on any atom is 0.257 e. The van der Waals surface area contributed by atoms with Crippen LogP contribution in [0.4, 0.5) is 11.4 Å². The zero-order valence-electron chi connectivity index (χ0n) is 12.8. The number of carbonyl (C=O) groups excluding carboxylic acids is 2. The van der Waals surface area contributed by atoms with Gasteiger partial charge in [0, 0.05) is 18.3 Å². The molecule has 2 aromatic carbocycles. The molecule has 0 spiro atoms. The van der Waals surface area contributed by atoms with Gasteiger partial charge in [0.1, 0.15) is 11.3 Å². The average molecular weight is 308 g/mol. The van der Waals surface area contributed by atoms with Gasteiger partial charge in [-0.1, -0.05) is 12.1 Å². The number of imidazole rings is 1. The van der Waals surface area contributed by atoms with E-state index >= 15 is 0 Å². The first-order valence-electron chi connectivity index (χ1n) is 7.17. The number of rotatable bonds is 3. The Balaban J connectivity index is 1.87. The van der Waals surface area contributed by atoms with Gasteiger partial charge in [-0.05, 0) is 37.3 Å². The SMILES string of the molecule is CC(=O)Nc1cccc(NC(=O)c2cccc3[nH]c(C)nc23)c1. The van der Waals surface area contributed by atoms with Crippen molar-refractivity contribution >= 4 is 34.2 Å². The van der Waals surface area contributed by atoms with Crippen LogP contribution in [0.2, 0.25) is 0 Å². The Bertz CT molecular complexity index is 898. The molecule has 0 atom stereocenters. The second-order valence-corrected chi connectivity index (χ2v) is 5.24. The molecular formula is C17H16N4O2. The lowest BCUT2D eigenvalue weighted by atomic mass is 10.1. The molecule has 3 aromatic rings. The number of hydrogen-bond donors (Lipinski definition) is 3. The van der Waals surface area contributed by atoms with E-state index in [9.17, 15) is 9.59 Å². The van der Waals surface area contributed by atoms with Crippen LogP contribution < -0.4 is 10.6 Å². The predicted octanol–water partition coefficient (Wildman–Crippen LogP) is 3.08. The van der Waals surface area contributed by atoms with Gasteiger partial charge in [0.15, 0.2) is 0 Å². The summed E-state index contributed by atoms with van der Waals surface area (Å²) in [5, 5.41) is 5.51. The molecule has 2 amide bonds. The topological polar surface area (TPSA) is 86.9 Å². The van der Waals surface area contributed by atoms with Crippen molar-refractivity contribution in [2.45, 2.75) is 13.8 Å². The molecule has 0 bridgehead atoms. The molecule has 3 N–H and O–H groups in total. The van der Waals surface area contributed by atoms with Crippen LogP contribution in [0.1, 0.15) is 23.1 Å². The second kappa shape index (κ2) is 5.92. The number of hydrogen-bond acceptors (Lipinski definition) is 3. The van der Waals surface area contributed by atoms with Gasteiger partial charge in [0.2, 0.25) is 5.91 Å². The third-order valence-electron chi connectivity index (χ3n) is 3.32. The Hall–Kier alpha value is -3.15. The number of para-hydroxylation sites is 1. The average Bonchev–Trinajstić information content (AvgIpc) is 2.86. The quantitative estimate of drug-likeness (QED) is 0.695. The lowest BCUT2D eigenvalue weighted by molar-refractivity contribution is -0.114. The van der Waals surface area contributed by atoms with E-state index in [1.165, 1.54) is 6.92 Å². The molecule has 0 radical (unpaired) electrons. The highest BCUT2D eigenvalue weighted by Gasteiger charge is 2.13. The molecular weight excluding hydrogens is 292 g/mol. The summed E-state index contributed by atoms with van der Waals surface area (Å²) in [6, 6.07) is 12.4. The van der Waals surface area contributed by atoms with E-state index < -0.39 is 0 Å². The van der Waals surface area contributed by atoms with E-state index in [4.69, 9.17) is 0 Å². The molecule has 6 heteroatoms. The molecule has 0 unspecified atom stereocenters. The maximum atomic E-state index is 12.5. The van der Waals surface area contributed by atoms with E-state index in [1.807, 2.05) is 19.1 Å². The molecule has 1 aromatic heterocycles. The lowest BCUT2D eigenvalue weighted by Gasteiger charge is -2.08. The van der Waals surface area contributed by atoms with Crippen LogP contribution in [-0.2, 0) is 4.79 Å². The fraction of sp³-hybridized carbons (Fsp3) is 0.118. The van der Waals surface area contributed by atoms with E-state index in [-0.39, 0.29) is 11.8 Å². The van der Waals surface area contributed by atoms with Crippen LogP contribution in [0.5, 0.6) is 0 Å². The minimum atomic E-state index is -0.248. The Kier molecular flexibility index (Phi) is 3.80. The van der Waals surface area contributed by atoms with Gasteiger partial charge in [-0.3, -0.25) is 9.59 Å². The standard InChI is InChI=1S/C17H16N4O2/c1-10-18-15-8-4-7-14(16(15)19-10)17(23)21-13-6-3-5-12(9-13)20-11(2)22/h3-9H,1-2H3,(H,18,19)(H,20,22)(H,21,23). The van der Waals surface area contributed by atoms with Gasteiger partial charge >= 0.3 is 0 Å². The van der Waals surface area contributed by atoms with Gasteiger partial charge in [0.25, 0.3) is 5.91 Å². The van der Waals surface area contributed by atoms with Crippen molar-refractivity contribution in [3.05, 3.63) is 53.9 Å². The van der Waals surface area contributed by atoms with Gasteiger partial charge < -0.3 is 15.6 Å². The summed E-state index contributed by atoms with van der Waals surface area (Å²) in [6.45, 7) is 3.28.